The molecule has 1 aliphatic rings. The number of halogens is 1. The lowest BCUT2D eigenvalue weighted by Gasteiger charge is -2.21. The first-order valence-corrected chi connectivity index (χ1v) is 11.3. The molecule has 130 valence electrons. The Morgan fingerprint density at radius 1 is 1.12 bits per heavy atom. The minimum atomic E-state index is 0.0270. The van der Waals surface area contributed by atoms with Crippen molar-refractivity contribution in [2.24, 2.45) is 0 Å². The van der Waals surface area contributed by atoms with Crippen molar-refractivity contribution in [2.45, 2.75) is 6.42 Å². The molecule has 1 saturated heterocycles. The van der Waals surface area contributed by atoms with Gasteiger partial charge in [0.1, 0.15) is 10.7 Å². The van der Waals surface area contributed by atoms with E-state index in [4.69, 9.17) is 0 Å². The molecule has 0 saturated carbocycles. The average molecular weight is 455 g/mol. The highest BCUT2D eigenvalue weighted by molar-refractivity contribution is 9.10. The van der Waals surface area contributed by atoms with Crippen LogP contribution in [0.2, 0.25) is 0 Å². The molecule has 1 aliphatic heterocycles. The van der Waals surface area contributed by atoms with E-state index in [1.807, 2.05) is 33.3 Å². The molecule has 0 radical (unpaired) electrons. The number of aromatic nitrogens is 2. The summed E-state index contributed by atoms with van der Waals surface area (Å²) in [4.78, 5) is 27.0. The van der Waals surface area contributed by atoms with Gasteiger partial charge >= 0.3 is 0 Å². The van der Waals surface area contributed by atoms with Crippen LogP contribution in [0.25, 0.3) is 9.88 Å². The maximum absolute atomic E-state index is 12.8. The number of nitrogens with zero attached hydrogens (tertiary/aromatic N) is 4. The molecule has 1 fully saturated rings. The van der Waals surface area contributed by atoms with Gasteiger partial charge in [0.15, 0.2) is 5.13 Å². The van der Waals surface area contributed by atoms with Gasteiger partial charge in [-0.25, -0.2) is 9.97 Å². The number of rotatable bonds is 3. The molecule has 5 nitrogen and oxygen atoms in total. The van der Waals surface area contributed by atoms with Crippen LogP contribution in [-0.4, -0.2) is 47.0 Å². The summed E-state index contributed by atoms with van der Waals surface area (Å²) in [5.74, 6) is 0.0270. The third-order valence-corrected chi connectivity index (χ3v) is 7.51. The van der Waals surface area contributed by atoms with Crippen LogP contribution >= 0.6 is 49.9 Å². The van der Waals surface area contributed by atoms with Crippen LogP contribution < -0.4 is 4.90 Å². The van der Waals surface area contributed by atoms with Crippen LogP contribution in [0.5, 0.6) is 0 Å². The predicted molar refractivity (Wildman–Crippen MR) is 108 cm³/mol. The number of carbonyl (C=O) groups excluding carboxylic acids is 1. The Labute approximate surface area is 166 Å². The molecule has 0 unspecified atom stereocenters. The molecule has 0 aromatic carbocycles. The Bertz CT molecular complexity index is 861. The Morgan fingerprint density at radius 2 is 2.04 bits per heavy atom. The van der Waals surface area contributed by atoms with E-state index in [9.17, 15) is 4.79 Å². The van der Waals surface area contributed by atoms with E-state index < -0.39 is 0 Å². The molecule has 0 spiro atoms. The topological polar surface area (TPSA) is 49.3 Å². The highest BCUT2D eigenvalue weighted by Crippen LogP contribution is 2.32. The molecular weight excluding hydrogens is 440 g/mol. The summed E-state index contributed by atoms with van der Waals surface area (Å²) in [6, 6.07) is 2.04. The monoisotopic (exact) mass is 454 g/mol. The lowest BCUT2D eigenvalue weighted by Crippen LogP contribution is -2.35. The molecule has 25 heavy (non-hydrogen) atoms. The number of hydrogen-bond donors (Lipinski definition) is 0. The maximum Gasteiger partial charge on any atom is 0.273 e. The van der Waals surface area contributed by atoms with Crippen molar-refractivity contribution in [3.05, 3.63) is 38.6 Å². The second kappa shape index (κ2) is 7.53. The van der Waals surface area contributed by atoms with Gasteiger partial charge in [0.25, 0.3) is 5.91 Å². The minimum absolute atomic E-state index is 0.0270. The van der Waals surface area contributed by atoms with Crippen molar-refractivity contribution < 1.29 is 4.79 Å². The molecular formula is C16H15BrN4OS3. The average Bonchev–Trinajstić information content (AvgIpc) is 3.34. The zero-order chi connectivity index (χ0) is 17.2. The molecule has 0 N–H and O–H groups in total. The molecule has 3 aromatic heterocycles. The standard InChI is InChI=1S/C16H15BrN4OS3/c17-11-8-13(24-9-11)14-19-12(10-25-14)15(22)20-3-1-4-21(6-5-20)16-18-2-7-23-16/h2,7-10H,1,3-6H2. The van der Waals surface area contributed by atoms with Crippen molar-refractivity contribution in [3.63, 3.8) is 0 Å². The van der Waals surface area contributed by atoms with Gasteiger partial charge in [-0.15, -0.1) is 34.0 Å². The second-order valence-corrected chi connectivity index (χ2v) is 9.17. The Kier molecular flexibility index (Phi) is 5.16. The van der Waals surface area contributed by atoms with Crippen LogP contribution in [0, 0.1) is 0 Å². The fourth-order valence-electron chi connectivity index (χ4n) is 2.76. The lowest BCUT2D eigenvalue weighted by atomic mass is 10.3. The quantitative estimate of drug-likeness (QED) is 0.586. The molecule has 0 aliphatic carbocycles. The lowest BCUT2D eigenvalue weighted by molar-refractivity contribution is 0.0762. The summed E-state index contributed by atoms with van der Waals surface area (Å²) in [5.41, 5.74) is 0.548. The fourth-order valence-corrected chi connectivity index (χ4v) is 5.75. The van der Waals surface area contributed by atoms with Gasteiger partial charge in [-0.1, -0.05) is 0 Å². The zero-order valence-electron chi connectivity index (χ0n) is 13.2. The first kappa shape index (κ1) is 17.1. The Hall–Kier alpha value is -1.29. The normalized spacial score (nSPS) is 15.4. The number of hydrogen-bond acceptors (Lipinski definition) is 7. The van der Waals surface area contributed by atoms with Crippen LogP contribution in [0.4, 0.5) is 5.13 Å². The summed E-state index contributed by atoms with van der Waals surface area (Å²) in [5, 5.41) is 7.82. The van der Waals surface area contributed by atoms with E-state index in [0.717, 1.165) is 45.5 Å². The first-order valence-electron chi connectivity index (χ1n) is 7.84. The van der Waals surface area contributed by atoms with E-state index >= 15 is 0 Å². The van der Waals surface area contributed by atoms with Crippen LogP contribution in [0.1, 0.15) is 16.9 Å². The van der Waals surface area contributed by atoms with E-state index in [1.165, 1.54) is 11.3 Å². The van der Waals surface area contributed by atoms with Crippen LogP contribution in [0.3, 0.4) is 0 Å². The van der Waals surface area contributed by atoms with Gasteiger partial charge in [-0.05, 0) is 28.4 Å². The Morgan fingerprint density at radius 3 is 2.80 bits per heavy atom. The number of anilines is 1. The number of amides is 1. The third kappa shape index (κ3) is 3.79. The largest absolute Gasteiger partial charge is 0.346 e. The minimum Gasteiger partial charge on any atom is -0.346 e. The molecule has 3 aromatic rings. The first-order chi connectivity index (χ1) is 12.2. The van der Waals surface area contributed by atoms with Crippen molar-refractivity contribution in [1.29, 1.82) is 0 Å². The summed E-state index contributed by atoms with van der Waals surface area (Å²) in [6.45, 7) is 3.21. The van der Waals surface area contributed by atoms with Crippen molar-refractivity contribution >= 4 is 61.0 Å². The smallest absolute Gasteiger partial charge is 0.273 e. The van der Waals surface area contributed by atoms with Gasteiger partial charge in [-0.2, -0.15) is 0 Å². The summed E-state index contributed by atoms with van der Waals surface area (Å²) < 4.78 is 1.05. The van der Waals surface area contributed by atoms with Gasteiger partial charge in [0.2, 0.25) is 0 Å². The molecule has 0 bridgehead atoms. The maximum atomic E-state index is 12.8. The number of carbonyl (C=O) groups is 1. The second-order valence-electron chi connectivity index (χ2n) is 5.61. The van der Waals surface area contributed by atoms with Gasteiger partial charge < -0.3 is 9.80 Å². The van der Waals surface area contributed by atoms with E-state index in [2.05, 4.69) is 30.8 Å². The van der Waals surface area contributed by atoms with Crippen molar-refractivity contribution in [3.8, 4) is 9.88 Å². The highest BCUT2D eigenvalue weighted by Gasteiger charge is 2.23. The van der Waals surface area contributed by atoms with E-state index in [0.29, 0.717) is 12.2 Å². The third-order valence-electron chi connectivity index (χ3n) is 3.97. The molecule has 0 atom stereocenters. The van der Waals surface area contributed by atoms with E-state index in [1.54, 1.807) is 22.7 Å². The molecule has 4 rings (SSSR count). The molecule has 9 heteroatoms. The number of thiophene rings is 1. The molecule has 4 heterocycles. The van der Waals surface area contributed by atoms with Gasteiger partial charge in [0, 0.05) is 53.0 Å². The number of thiazole rings is 2. The summed E-state index contributed by atoms with van der Waals surface area (Å²) in [6.07, 6.45) is 2.77. The fraction of sp³-hybridized carbons (Fsp3) is 0.312. The Balaban J connectivity index is 1.45. The van der Waals surface area contributed by atoms with Crippen LogP contribution in [0.15, 0.2) is 32.9 Å². The summed E-state index contributed by atoms with van der Waals surface area (Å²) in [7, 11) is 0. The van der Waals surface area contributed by atoms with Gasteiger partial charge in [0.05, 0.1) is 4.88 Å². The van der Waals surface area contributed by atoms with Crippen molar-refractivity contribution in [1.82, 2.24) is 14.9 Å². The van der Waals surface area contributed by atoms with Crippen LogP contribution in [-0.2, 0) is 0 Å². The van der Waals surface area contributed by atoms with Crippen molar-refractivity contribution in [2.75, 3.05) is 31.1 Å². The SMILES string of the molecule is O=C(c1csc(-c2cc(Br)cs2)n1)N1CCCN(c2nccs2)CC1. The highest BCUT2D eigenvalue weighted by atomic mass is 79.9. The van der Waals surface area contributed by atoms with E-state index in [-0.39, 0.29) is 5.91 Å². The van der Waals surface area contributed by atoms with Gasteiger partial charge in [-0.3, -0.25) is 4.79 Å². The predicted octanol–water partition coefficient (Wildman–Crippen LogP) is 4.44. The zero-order valence-corrected chi connectivity index (χ0v) is 17.3. The summed E-state index contributed by atoms with van der Waals surface area (Å²) >= 11 is 8.26. The molecule has 1 amide bonds.